The molecule has 0 spiro atoms. The molecule has 0 unspecified atom stereocenters. The molecule has 2 aliphatic carbocycles. The molecule has 7 nitrogen and oxygen atoms in total. The van der Waals surface area contributed by atoms with E-state index in [1.165, 1.54) is 16.5 Å². The molecule has 1 N–H and O–H groups in total. The lowest BCUT2D eigenvalue weighted by Gasteiger charge is -2.28. The van der Waals surface area contributed by atoms with E-state index in [0.29, 0.717) is 26.1 Å². The van der Waals surface area contributed by atoms with Gasteiger partial charge in [-0.3, -0.25) is 14.0 Å². The van der Waals surface area contributed by atoms with E-state index in [9.17, 15) is 31.9 Å². The van der Waals surface area contributed by atoms with Gasteiger partial charge in [0.05, 0.1) is 18.0 Å². The topological polar surface area (TPSA) is 89.8 Å². The molecule has 190 valence electrons. The number of pyridine rings is 1. The van der Waals surface area contributed by atoms with Crippen LogP contribution < -0.4 is 5.32 Å². The highest BCUT2D eigenvalue weighted by molar-refractivity contribution is 6.00. The maximum absolute atomic E-state index is 14.5. The third-order valence-electron chi connectivity index (χ3n) is 6.73. The molecular formula is C24H27F4N3O4. The van der Waals surface area contributed by atoms with Gasteiger partial charge in [0.2, 0.25) is 5.92 Å². The van der Waals surface area contributed by atoms with Crippen LogP contribution in [0, 0.1) is 5.92 Å². The molecule has 0 radical (unpaired) electrons. The number of alkyl halides is 4. The fraction of sp³-hybridized carbons (Fsp3) is 0.583. The molecular weight excluding hydrogens is 470 g/mol. The zero-order valence-corrected chi connectivity index (χ0v) is 19.5. The number of amides is 1. The molecule has 0 aliphatic heterocycles. The van der Waals surface area contributed by atoms with Crippen molar-refractivity contribution in [2.45, 2.75) is 76.2 Å². The highest BCUT2D eigenvalue weighted by Crippen LogP contribution is 2.40. The Labute approximate surface area is 199 Å². The lowest BCUT2D eigenvalue weighted by Crippen LogP contribution is -2.44. The van der Waals surface area contributed by atoms with Gasteiger partial charge in [-0.05, 0) is 57.1 Å². The number of halogens is 4. The normalized spacial score (nSPS) is 19.4. The first kappa shape index (κ1) is 25.1. The highest BCUT2D eigenvalue weighted by Gasteiger charge is 2.52. The second-order valence-electron chi connectivity index (χ2n) is 9.54. The van der Waals surface area contributed by atoms with Gasteiger partial charge in [-0.25, -0.2) is 18.6 Å². The Kier molecular flexibility index (Phi) is 6.39. The number of fused-ring (bicyclic) bond motifs is 1. The highest BCUT2D eigenvalue weighted by atomic mass is 19.3. The van der Waals surface area contributed by atoms with Crippen LogP contribution >= 0.6 is 0 Å². The van der Waals surface area contributed by atoms with Gasteiger partial charge in [0.25, 0.3) is 11.8 Å². The first-order chi connectivity index (χ1) is 16.4. The molecule has 0 saturated heterocycles. The number of rotatable bonds is 8. The monoisotopic (exact) mass is 497 g/mol. The number of ether oxygens (including phenoxy) is 1. The molecule has 2 fully saturated rings. The van der Waals surface area contributed by atoms with Gasteiger partial charge in [0.1, 0.15) is 16.9 Å². The Balaban J connectivity index is 1.70. The first-order valence-corrected chi connectivity index (χ1v) is 11.7. The molecule has 0 atom stereocenters. The number of carbonyl (C=O) groups is 3. The largest absolute Gasteiger partial charge is 0.464 e. The Bertz CT molecular complexity index is 1160. The van der Waals surface area contributed by atoms with Gasteiger partial charge in [-0.1, -0.05) is 0 Å². The van der Waals surface area contributed by atoms with Crippen LogP contribution in [-0.4, -0.2) is 45.6 Å². The Morgan fingerprint density at radius 2 is 1.89 bits per heavy atom. The van der Waals surface area contributed by atoms with Crippen LogP contribution in [0.2, 0.25) is 0 Å². The molecule has 11 heteroatoms. The van der Waals surface area contributed by atoms with Crippen LogP contribution in [-0.2, 0) is 21.9 Å². The lowest BCUT2D eigenvalue weighted by atomic mass is 9.83. The smallest absolute Gasteiger partial charge is 0.331 e. The van der Waals surface area contributed by atoms with E-state index in [2.05, 4.69) is 10.3 Å². The van der Waals surface area contributed by atoms with E-state index >= 15 is 0 Å². The second kappa shape index (κ2) is 8.91. The SMILES string of the molecule is CCOC(=O)C1(NC(=O)c2cc(C=O)n3c(CC4CCC(F)(F)CC4)c(C(C)(F)F)nc3c2)CC1. The number of imidazole rings is 1. The van der Waals surface area contributed by atoms with Gasteiger partial charge in [0, 0.05) is 25.3 Å². The van der Waals surface area contributed by atoms with E-state index in [1.54, 1.807) is 6.92 Å². The predicted octanol–water partition coefficient (Wildman–Crippen LogP) is 4.45. The van der Waals surface area contributed by atoms with Crippen molar-refractivity contribution in [1.29, 1.82) is 0 Å². The van der Waals surface area contributed by atoms with Crippen molar-refractivity contribution < 1.29 is 36.7 Å². The second-order valence-corrected chi connectivity index (χ2v) is 9.54. The number of nitrogens with one attached hydrogen (secondary N) is 1. The summed E-state index contributed by atoms with van der Waals surface area (Å²) in [6, 6.07) is 2.52. The summed E-state index contributed by atoms with van der Waals surface area (Å²) < 4.78 is 62.4. The van der Waals surface area contributed by atoms with E-state index in [-0.39, 0.29) is 67.2 Å². The fourth-order valence-electron chi connectivity index (χ4n) is 4.66. The zero-order chi connectivity index (χ0) is 25.6. The standard InChI is InChI=1S/C24H27F4N3O4/c1-3-35-21(34)23(8-9-23)30-20(33)15-11-16(13-32)31-17(10-14-4-6-24(27,28)7-5-14)19(22(2,25)26)29-18(31)12-15/h11-14H,3-10H2,1-2H3,(H,30,33). The maximum Gasteiger partial charge on any atom is 0.331 e. The van der Waals surface area contributed by atoms with Crippen molar-refractivity contribution in [2.24, 2.45) is 5.92 Å². The lowest BCUT2D eigenvalue weighted by molar-refractivity contribution is -0.146. The third kappa shape index (κ3) is 5.04. The molecule has 2 saturated carbocycles. The molecule has 2 heterocycles. The first-order valence-electron chi connectivity index (χ1n) is 11.7. The summed E-state index contributed by atoms with van der Waals surface area (Å²) in [5.74, 6) is -7.60. The summed E-state index contributed by atoms with van der Waals surface area (Å²) in [6.45, 7) is 2.48. The number of hydrogen-bond acceptors (Lipinski definition) is 5. The fourth-order valence-corrected chi connectivity index (χ4v) is 4.66. The number of aldehydes is 1. The average Bonchev–Trinajstić information content (AvgIpc) is 3.47. The van der Waals surface area contributed by atoms with E-state index < -0.39 is 35.0 Å². The molecule has 4 rings (SSSR count). The minimum absolute atomic E-state index is 0.0185. The molecule has 2 aliphatic rings. The minimum Gasteiger partial charge on any atom is -0.464 e. The average molecular weight is 497 g/mol. The molecule has 1 amide bonds. The predicted molar refractivity (Wildman–Crippen MR) is 117 cm³/mol. The van der Waals surface area contributed by atoms with Crippen molar-refractivity contribution in [3.63, 3.8) is 0 Å². The Morgan fingerprint density at radius 3 is 2.43 bits per heavy atom. The van der Waals surface area contributed by atoms with Gasteiger partial charge in [-0.2, -0.15) is 8.78 Å². The van der Waals surface area contributed by atoms with Crippen molar-refractivity contribution in [1.82, 2.24) is 14.7 Å². The van der Waals surface area contributed by atoms with Crippen molar-refractivity contribution in [3.8, 4) is 0 Å². The van der Waals surface area contributed by atoms with Gasteiger partial charge in [-0.15, -0.1) is 0 Å². The van der Waals surface area contributed by atoms with Gasteiger partial charge < -0.3 is 10.1 Å². The Morgan fingerprint density at radius 1 is 1.23 bits per heavy atom. The van der Waals surface area contributed by atoms with Crippen LogP contribution in [0.4, 0.5) is 17.6 Å². The molecule has 2 aromatic heterocycles. The van der Waals surface area contributed by atoms with Gasteiger partial charge >= 0.3 is 5.97 Å². The number of hydrogen-bond donors (Lipinski definition) is 1. The van der Waals surface area contributed by atoms with E-state index in [1.807, 2.05) is 0 Å². The Hall–Kier alpha value is -2.98. The summed E-state index contributed by atoms with van der Waals surface area (Å²) in [4.78, 5) is 41.0. The van der Waals surface area contributed by atoms with Crippen molar-refractivity contribution in [3.05, 3.63) is 34.8 Å². The number of nitrogens with zero attached hydrogens (tertiary/aromatic N) is 2. The van der Waals surface area contributed by atoms with Crippen LogP contribution in [0.25, 0.3) is 5.65 Å². The number of esters is 1. The maximum atomic E-state index is 14.5. The number of aromatic nitrogens is 2. The van der Waals surface area contributed by atoms with Crippen molar-refractivity contribution >= 4 is 23.8 Å². The summed E-state index contributed by atoms with van der Waals surface area (Å²) >= 11 is 0. The van der Waals surface area contributed by atoms with Crippen LogP contribution in [0.3, 0.4) is 0 Å². The molecule has 0 bridgehead atoms. The molecule has 0 aromatic carbocycles. The molecule has 35 heavy (non-hydrogen) atoms. The zero-order valence-electron chi connectivity index (χ0n) is 19.5. The third-order valence-corrected chi connectivity index (χ3v) is 6.73. The molecule has 2 aromatic rings. The summed E-state index contributed by atoms with van der Waals surface area (Å²) in [6.07, 6.45) is 0.984. The van der Waals surface area contributed by atoms with E-state index in [0.717, 1.165) is 0 Å². The van der Waals surface area contributed by atoms with Gasteiger partial charge in [0.15, 0.2) is 6.29 Å². The minimum atomic E-state index is -3.36. The summed E-state index contributed by atoms with van der Waals surface area (Å²) in [5.41, 5.74) is -1.75. The quantitative estimate of drug-likeness (QED) is 0.331. The van der Waals surface area contributed by atoms with Crippen LogP contribution in [0.15, 0.2) is 12.1 Å². The summed E-state index contributed by atoms with van der Waals surface area (Å²) in [5, 5.41) is 2.62. The van der Waals surface area contributed by atoms with Crippen LogP contribution in [0.1, 0.15) is 84.6 Å². The van der Waals surface area contributed by atoms with Crippen LogP contribution in [0.5, 0.6) is 0 Å². The number of carbonyl (C=O) groups excluding carboxylic acids is 3. The summed E-state index contributed by atoms with van der Waals surface area (Å²) in [7, 11) is 0. The van der Waals surface area contributed by atoms with Crippen molar-refractivity contribution in [2.75, 3.05) is 6.61 Å². The van der Waals surface area contributed by atoms with E-state index in [4.69, 9.17) is 4.74 Å².